The molecule has 0 aliphatic heterocycles. The number of hydrogen-bond donors (Lipinski definition) is 0. The van der Waals surface area contributed by atoms with Crippen LogP contribution in [0.2, 0.25) is 0 Å². The van der Waals surface area contributed by atoms with Crippen LogP contribution in [0.15, 0.2) is 66.7 Å². The standard InChI is InChI=1S/C29H33F3O/c1-27(2,22-11-16-25(31)26(32)19-22)17-18-29(5,21-9-14-24(33-6)15-10-21)28(3,4)20-7-12-23(30)13-8-20/h7-16,19H,17-18H2,1-6H3. The molecule has 3 aromatic rings. The maximum Gasteiger partial charge on any atom is 0.159 e. The highest BCUT2D eigenvalue weighted by atomic mass is 19.2. The normalized spacial score (nSPS) is 14.1. The lowest BCUT2D eigenvalue weighted by molar-refractivity contribution is 0.232. The molecule has 0 aliphatic rings. The highest BCUT2D eigenvalue weighted by Gasteiger charge is 2.44. The van der Waals surface area contributed by atoms with E-state index in [4.69, 9.17) is 4.74 Å². The van der Waals surface area contributed by atoms with E-state index in [1.165, 1.54) is 24.3 Å². The smallest absolute Gasteiger partial charge is 0.159 e. The fourth-order valence-electron chi connectivity index (χ4n) is 4.59. The molecular formula is C29H33F3O. The zero-order valence-corrected chi connectivity index (χ0v) is 20.3. The second kappa shape index (κ2) is 9.24. The summed E-state index contributed by atoms with van der Waals surface area (Å²) in [5, 5.41) is 0. The van der Waals surface area contributed by atoms with Crippen molar-refractivity contribution in [1.29, 1.82) is 0 Å². The van der Waals surface area contributed by atoms with Crippen molar-refractivity contribution in [3.05, 3.63) is 101 Å². The van der Waals surface area contributed by atoms with E-state index in [0.717, 1.165) is 35.3 Å². The summed E-state index contributed by atoms with van der Waals surface area (Å²) in [4.78, 5) is 0. The van der Waals surface area contributed by atoms with Crippen LogP contribution in [-0.2, 0) is 16.2 Å². The SMILES string of the molecule is COc1ccc(C(C)(CCC(C)(C)c2ccc(F)c(F)c2)C(C)(C)c2ccc(F)cc2)cc1. The maximum atomic E-state index is 13.9. The van der Waals surface area contributed by atoms with Gasteiger partial charge in [-0.15, -0.1) is 0 Å². The first-order valence-electron chi connectivity index (χ1n) is 11.3. The van der Waals surface area contributed by atoms with Gasteiger partial charge in [0.1, 0.15) is 11.6 Å². The number of methoxy groups -OCH3 is 1. The van der Waals surface area contributed by atoms with Crippen molar-refractivity contribution < 1.29 is 17.9 Å². The van der Waals surface area contributed by atoms with Crippen LogP contribution in [0.1, 0.15) is 64.2 Å². The molecule has 0 aromatic heterocycles. The Balaban J connectivity index is 2.02. The molecule has 1 atom stereocenters. The highest BCUT2D eigenvalue weighted by Crippen LogP contribution is 2.49. The number of benzene rings is 3. The molecule has 0 fully saturated rings. The number of ether oxygens (including phenoxy) is 1. The molecule has 176 valence electrons. The first kappa shape index (κ1) is 24.9. The van der Waals surface area contributed by atoms with Crippen molar-refractivity contribution in [3.63, 3.8) is 0 Å². The third-order valence-corrected chi connectivity index (χ3v) is 7.62. The third kappa shape index (κ3) is 4.95. The first-order valence-corrected chi connectivity index (χ1v) is 11.3. The number of halogens is 3. The summed E-state index contributed by atoms with van der Waals surface area (Å²) in [6.07, 6.45) is 1.51. The van der Waals surface area contributed by atoms with Crippen LogP contribution < -0.4 is 4.74 Å². The lowest BCUT2D eigenvalue weighted by Gasteiger charge is -2.47. The van der Waals surface area contributed by atoms with Crippen LogP contribution in [0, 0.1) is 17.5 Å². The average molecular weight is 455 g/mol. The van der Waals surface area contributed by atoms with Crippen LogP contribution in [-0.4, -0.2) is 7.11 Å². The summed E-state index contributed by atoms with van der Waals surface area (Å²) in [5.74, 6) is -1.15. The van der Waals surface area contributed by atoms with E-state index < -0.39 is 11.6 Å². The molecule has 33 heavy (non-hydrogen) atoms. The lowest BCUT2D eigenvalue weighted by atomic mass is 9.56. The molecule has 1 nitrogen and oxygen atoms in total. The first-order chi connectivity index (χ1) is 15.4. The summed E-state index contributed by atoms with van der Waals surface area (Å²) >= 11 is 0. The molecule has 0 saturated heterocycles. The molecular weight excluding hydrogens is 421 g/mol. The second-order valence-corrected chi connectivity index (χ2v) is 10.2. The van der Waals surface area contributed by atoms with Gasteiger partial charge in [-0.05, 0) is 76.8 Å². The summed E-state index contributed by atoms with van der Waals surface area (Å²) in [7, 11) is 1.64. The summed E-state index contributed by atoms with van der Waals surface area (Å²) in [6.45, 7) is 10.7. The van der Waals surface area contributed by atoms with E-state index >= 15 is 0 Å². The van der Waals surface area contributed by atoms with Gasteiger partial charge in [-0.3, -0.25) is 0 Å². The van der Waals surface area contributed by atoms with Gasteiger partial charge in [-0.1, -0.05) is 65.0 Å². The van der Waals surface area contributed by atoms with Crippen molar-refractivity contribution in [2.45, 2.75) is 63.7 Å². The Morgan fingerprint density at radius 2 is 1.18 bits per heavy atom. The van der Waals surface area contributed by atoms with Gasteiger partial charge in [0.15, 0.2) is 11.6 Å². The second-order valence-electron chi connectivity index (χ2n) is 10.2. The minimum Gasteiger partial charge on any atom is -0.497 e. The summed E-state index contributed by atoms with van der Waals surface area (Å²) in [6, 6.07) is 18.9. The van der Waals surface area contributed by atoms with E-state index in [2.05, 4.69) is 46.8 Å². The van der Waals surface area contributed by atoms with Gasteiger partial charge in [-0.2, -0.15) is 0 Å². The van der Waals surface area contributed by atoms with Gasteiger partial charge in [0.25, 0.3) is 0 Å². The Hall–Kier alpha value is -2.75. The molecule has 0 N–H and O–H groups in total. The van der Waals surface area contributed by atoms with E-state index in [9.17, 15) is 13.2 Å². The summed E-state index contributed by atoms with van der Waals surface area (Å²) < 4.78 is 46.5. The lowest BCUT2D eigenvalue weighted by Crippen LogP contribution is -2.44. The van der Waals surface area contributed by atoms with Crippen LogP contribution in [0.3, 0.4) is 0 Å². The van der Waals surface area contributed by atoms with E-state index in [1.54, 1.807) is 13.2 Å². The Morgan fingerprint density at radius 3 is 1.73 bits per heavy atom. The van der Waals surface area contributed by atoms with Gasteiger partial charge in [0.05, 0.1) is 7.11 Å². The molecule has 3 aromatic carbocycles. The maximum absolute atomic E-state index is 13.9. The van der Waals surface area contributed by atoms with Crippen LogP contribution in [0.25, 0.3) is 0 Å². The van der Waals surface area contributed by atoms with Crippen molar-refractivity contribution in [3.8, 4) is 5.75 Å². The van der Waals surface area contributed by atoms with E-state index in [0.29, 0.717) is 0 Å². The molecule has 0 saturated carbocycles. The van der Waals surface area contributed by atoms with Crippen LogP contribution in [0.5, 0.6) is 5.75 Å². The Morgan fingerprint density at radius 1 is 0.636 bits per heavy atom. The molecule has 0 amide bonds. The van der Waals surface area contributed by atoms with E-state index in [1.807, 2.05) is 24.3 Å². The topological polar surface area (TPSA) is 9.23 Å². The van der Waals surface area contributed by atoms with Crippen molar-refractivity contribution in [2.75, 3.05) is 7.11 Å². The van der Waals surface area contributed by atoms with Crippen molar-refractivity contribution >= 4 is 0 Å². The molecule has 3 rings (SSSR count). The third-order valence-electron chi connectivity index (χ3n) is 7.62. The molecule has 0 heterocycles. The Bertz CT molecular complexity index is 1080. The highest BCUT2D eigenvalue weighted by molar-refractivity contribution is 5.40. The fraction of sp³-hybridized carbons (Fsp3) is 0.379. The average Bonchev–Trinajstić information content (AvgIpc) is 2.79. The van der Waals surface area contributed by atoms with Gasteiger partial charge in [0.2, 0.25) is 0 Å². The molecule has 0 spiro atoms. The molecule has 0 radical (unpaired) electrons. The Kier molecular flexibility index (Phi) is 6.97. The van der Waals surface area contributed by atoms with Crippen molar-refractivity contribution in [1.82, 2.24) is 0 Å². The number of rotatable bonds is 8. The number of hydrogen-bond acceptors (Lipinski definition) is 1. The zero-order valence-electron chi connectivity index (χ0n) is 20.3. The zero-order chi connectivity index (χ0) is 24.4. The molecule has 4 heteroatoms. The molecule has 0 bridgehead atoms. The van der Waals surface area contributed by atoms with Gasteiger partial charge >= 0.3 is 0 Å². The van der Waals surface area contributed by atoms with Gasteiger partial charge in [0, 0.05) is 5.41 Å². The summed E-state index contributed by atoms with van der Waals surface area (Å²) in [5.41, 5.74) is 1.87. The monoisotopic (exact) mass is 454 g/mol. The largest absolute Gasteiger partial charge is 0.497 e. The predicted molar refractivity (Wildman–Crippen MR) is 128 cm³/mol. The fourth-order valence-corrected chi connectivity index (χ4v) is 4.59. The molecule has 1 unspecified atom stereocenters. The minimum absolute atomic E-state index is 0.264. The van der Waals surface area contributed by atoms with Crippen LogP contribution >= 0.6 is 0 Å². The van der Waals surface area contributed by atoms with Crippen LogP contribution in [0.4, 0.5) is 13.2 Å². The predicted octanol–water partition coefficient (Wildman–Crippen LogP) is 8.11. The van der Waals surface area contributed by atoms with Gasteiger partial charge < -0.3 is 4.74 Å². The van der Waals surface area contributed by atoms with Crippen molar-refractivity contribution in [2.24, 2.45) is 0 Å². The minimum atomic E-state index is -0.838. The molecule has 0 aliphatic carbocycles. The Labute approximate surface area is 195 Å². The van der Waals surface area contributed by atoms with E-state index in [-0.39, 0.29) is 22.1 Å². The quantitative estimate of drug-likeness (QED) is 0.334. The van der Waals surface area contributed by atoms with Gasteiger partial charge in [-0.25, -0.2) is 13.2 Å².